The van der Waals surface area contributed by atoms with Gasteiger partial charge in [-0.3, -0.25) is 9.59 Å². The zero-order valence-electron chi connectivity index (χ0n) is 67.4. The maximum Gasteiger partial charge on any atom is 0.306 e. The van der Waals surface area contributed by atoms with Crippen LogP contribution in [0, 0.1) is 0 Å². The van der Waals surface area contributed by atoms with E-state index in [9.17, 15) is 19.5 Å². The van der Waals surface area contributed by atoms with E-state index < -0.39 is 24.3 Å². The van der Waals surface area contributed by atoms with Crippen LogP contribution in [0.3, 0.4) is 0 Å². The molecule has 0 spiro atoms. The number of unbranched alkanes of at least 4 members (excludes halogenated alkanes) is 66. The second kappa shape index (κ2) is 81.4. The highest BCUT2D eigenvalue weighted by Gasteiger charge is 2.22. The van der Waals surface area contributed by atoms with Gasteiger partial charge in [0.2, 0.25) is 0 Å². The van der Waals surface area contributed by atoms with E-state index in [1.54, 1.807) is 0 Å². The van der Waals surface area contributed by atoms with Crippen LogP contribution in [-0.2, 0) is 33.3 Å². The van der Waals surface area contributed by atoms with Gasteiger partial charge >= 0.3 is 11.9 Å². The van der Waals surface area contributed by atoms with Gasteiger partial charge < -0.3 is 33.3 Å². The molecule has 0 aromatic carbocycles. The Bertz CT molecular complexity index is 1680. The maximum absolute atomic E-state index is 13.0. The van der Waals surface area contributed by atoms with Crippen LogP contribution in [0.1, 0.15) is 476 Å². The first-order valence-electron chi connectivity index (χ1n) is 44.5. The Morgan fingerprint density at radius 2 is 0.545 bits per heavy atom. The molecule has 0 saturated heterocycles. The smallest absolute Gasteiger partial charge is 0.306 e. The third-order valence-corrected chi connectivity index (χ3v) is 20.7. The number of carbonyl (C=O) groups excluding carboxylic acids is 3. The highest BCUT2D eigenvalue weighted by atomic mass is 16.7. The topological polar surface area (TPSA) is 111 Å². The van der Waals surface area contributed by atoms with Gasteiger partial charge in [-0.25, -0.2) is 0 Å². The number of allylic oxidation sites excluding steroid dienone is 4. The number of quaternary nitrogens is 1. The van der Waals surface area contributed by atoms with Crippen LogP contribution < -0.4 is 5.11 Å². The largest absolute Gasteiger partial charge is 0.545 e. The van der Waals surface area contributed by atoms with Crippen LogP contribution in [0.25, 0.3) is 0 Å². The number of esters is 2. The molecule has 2 atom stereocenters. The SMILES string of the molecule is CCCCCCC/C=C\C/C=C\CCCCCCCCCCCCCCCCCCCCCCCCCCCCCCCC(=O)OC(COC(=O)CCCCCCCCCCCCCCCCCCCCCCCCCCCCCCCCCCC)COC(OCC[N+](C)(C)C)C(=O)[O-]. The van der Waals surface area contributed by atoms with Gasteiger partial charge in [0.1, 0.15) is 13.2 Å². The van der Waals surface area contributed by atoms with Crippen molar-refractivity contribution in [2.24, 2.45) is 0 Å². The predicted octanol–water partition coefficient (Wildman–Crippen LogP) is 27.5. The Kier molecular flexibility index (Phi) is 79.6. The van der Waals surface area contributed by atoms with E-state index in [0.29, 0.717) is 17.4 Å². The van der Waals surface area contributed by atoms with E-state index in [0.717, 1.165) is 44.9 Å². The summed E-state index contributed by atoms with van der Waals surface area (Å²) in [5.41, 5.74) is 0. The number of nitrogens with zero attached hydrogens (tertiary/aromatic N) is 1. The van der Waals surface area contributed by atoms with Crippen molar-refractivity contribution in [2.45, 2.75) is 489 Å². The lowest BCUT2D eigenvalue weighted by Gasteiger charge is -2.26. The number of hydrogen-bond acceptors (Lipinski definition) is 8. The van der Waals surface area contributed by atoms with Gasteiger partial charge in [0.25, 0.3) is 0 Å². The number of carbonyl (C=O) groups is 3. The Balaban J connectivity index is 3.88. The lowest BCUT2D eigenvalue weighted by atomic mass is 10.0. The van der Waals surface area contributed by atoms with Crippen LogP contribution >= 0.6 is 0 Å². The van der Waals surface area contributed by atoms with Gasteiger partial charge in [0, 0.05) is 12.8 Å². The van der Waals surface area contributed by atoms with Gasteiger partial charge in [-0.05, 0) is 44.9 Å². The third kappa shape index (κ3) is 82.9. The normalized spacial score (nSPS) is 12.6. The van der Waals surface area contributed by atoms with Crippen LogP contribution in [-0.4, -0.2) is 82.3 Å². The average molecular weight is 1400 g/mol. The van der Waals surface area contributed by atoms with E-state index in [1.165, 1.54) is 405 Å². The van der Waals surface area contributed by atoms with Gasteiger partial charge in [0.15, 0.2) is 12.4 Å². The lowest BCUT2D eigenvalue weighted by molar-refractivity contribution is -0.870. The van der Waals surface area contributed by atoms with Gasteiger partial charge in [-0.1, -0.05) is 443 Å². The van der Waals surface area contributed by atoms with Crippen molar-refractivity contribution in [1.29, 1.82) is 0 Å². The molecular weight excluding hydrogens is 1220 g/mol. The number of aliphatic carboxylic acids is 1. The van der Waals surface area contributed by atoms with E-state index >= 15 is 0 Å². The molecule has 0 bridgehead atoms. The van der Waals surface area contributed by atoms with Crippen LogP contribution in [0.15, 0.2) is 24.3 Å². The summed E-state index contributed by atoms with van der Waals surface area (Å²) in [6.45, 7) is 4.84. The van der Waals surface area contributed by atoms with Crippen LogP contribution in [0.2, 0.25) is 0 Å². The standard InChI is InChI=1S/C90H173NO8/c1-6-8-10-12-14-16-18-20-22-24-26-28-30-32-34-36-38-40-41-42-43-44-45-46-47-49-51-53-55-57-59-61-63-65-67-69-71-73-75-77-79-81-88(93)99-86(85-98-90(89(94)95)96-83-82-91(3,4)5)84-97-87(92)80-78-76-74-72-70-68-66-64-62-60-58-56-54-52-50-48-39-37-35-33-31-29-27-25-23-21-19-17-15-13-11-9-7-2/h18,20,24,26,86,90H,6-17,19,21-23,25,27-85H2,1-5H3/b20-18-,26-24-. The number of carboxylic acid groups (broad SMARTS) is 1. The van der Waals surface area contributed by atoms with E-state index in [4.69, 9.17) is 18.9 Å². The zero-order valence-corrected chi connectivity index (χ0v) is 67.4. The Hall–Kier alpha value is -2.23. The molecule has 0 aromatic rings. The fraction of sp³-hybridized carbons (Fsp3) is 0.922. The van der Waals surface area contributed by atoms with Gasteiger partial charge in [-0.15, -0.1) is 0 Å². The van der Waals surface area contributed by atoms with Gasteiger partial charge in [-0.2, -0.15) is 0 Å². The molecule has 0 heterocycles. The van der Waals surface area contributed by atoms with E-state index in [2.05, 4.69) is 38.2 Å². The molecule has 9 nitrogen and oxygen atoms in total. The van der Waals surface area contributed by atoms with Crippen molar-refractivity contribution >= 4 is 17.9 Å². The lowest BCUT2D eigenvalue weighted by Crippen LogP contribution is -2.44. The van der Waals surface area contributed by atoms with E-state index in [1.807, 2.05) is 21.1 Å². The molecular formula is C90H173NO8. The molecule has 586 valence electrons. The van der Waals surface area contributed by atoms with Crippen molar-refractivity contribution in [3.8, 4) is 0 Å². The van der Waals surface area contributed by atoms with Crippen molar-refractivity contribution in [3.05, 3.63) is 24.3 Å². The maximum atomic E-state index is 13.0. The number of likely N-dealkylation sites (N-methyl/N-ethyl adjacent to an activating group) is 1. The van der Waals surface area contributed by atoms with E-state index in [-0.39, 0.29) is 32.2 Å². The summed E-state index contributed by atoms with van der Waals surface area (Å²) in [5.74, 6) is -2.24. The average Bonchev–Trinajstić information content (AvgIpc) is 2.62. The molecule has 0 aliphatic rings. The summed E-state index contributed by atoms with van der Waals surface area (Å²) >= 11 is 0. The summed E-state index contributed by atoms with van der Waals surface area (Å²) in [5, 5.41) is 11.9. The van der Waals surface area contributed by atoms with Crippen molar-refractivity contribution in [3.63, 3.8) is 0 Å². The molecule has 0 amide bonds. The Morgan fingerprint density at radius 3 is 0.798 bits per heavy atom. The summed E-state index contributed by atoms with van der Waals surface area (Å²) < 4.78 is 22.9. The summed E-state index contributed by atoms with van der Waals surface area (Å²) in [6.07, 6.45) is 102. The summed E-state index contributed by atoms with van der Waals surface area (Å²) in [7, 11) is 5.96. The Morgan fingerprint density at radius 1 is 0.303 bits per heavy atom. The minimum atomic E-state index is -1.62. The Labute approximate surface area is 618 Å². The first-order chi connectivity index (χ1) is 48.6. The molecule has 0 aromatic heterocycles. The molecule has 0 N–H and O–H groups in total. The number of ether oxygens (including phenoxy) is 4. The molecule has 9 heteroatoms. The number of carboxylic acids is 1. The van der Waals surface area contributed by atoms with Gasteiger partial charge in [0.05, 0.1) is 40.3 Å². The molecule has 0 fully saturated rings. The second-order valence-corrected chi connectivity index (χ2v) is 31.9. The van der Waals surface area contributed by atoms with Crippen LogP contribution in [0.4, 0.5) is 0 Å². The molecule has 2 unspecified atom stereocenters. The van der Waals surface area contributed by atoms with Crippen LogP contribution in [0.5, 0.6) is 0 Å². The van der Waals surface area contributed by atoms with Crippen molar-refractivity contribution in [1.82, 2.24) is 0 Å². The molecule has 99 heavy (non-hydrogen) atoms. The molecule has 0 aliphatic heterocycles. The predicted molar refractivity (Wildman–Crippen MR) is 426 cm³/mol. The van der Waals surface area contributed by atoms with Crippen molar-refractivity contribution in [2.75, 3.05) is 47.5 Å². The van der Waals surface area contributed by atoms with Crippen molar-refractivity contribution < 1.29 is 42.9 Å². The fourth-order valence-electron chi connectivity index (χ4n) is 13.9. The second-order valence-electron chi connectivity index (χ2n) is 31.9. The molecule has 0 aliphatic carbocycles. The highest BCUT2D eigenvalue weighted by Crippen LogP contribution is 2.21. The quantitative estimate of drug-likeness (QED) is 0.0195. The first kappa shape index (κ1) is 96.8. The minimum absolute atomic E-state index is 0.153. The number of rotatable bonds is 85. The fourth-order valence-corrected chi connectivity index (χ4v) is 13.9. The molecule has 0 rings (SSSR count). The third-order valence-electron chi connectivity index (χ3n) is 20.7. The summed E-state index contributed by atoms with van der Waals surface area (Å²) in [4.78, 5) is 37.7. The molecule has 0 radical (unpaired) electrons. The zero-order chi connectivity index (χ0) is 71.8. The minimum Gasteiger partial charge on any atom is -0.545 e. The monoisotopic (exact) mass is 1400 g/mol. The molecule has 0 saturated carbocycles. The first-order valence-corrected chi connectivity index (χ1v) is 44.5. The number of hydrogen-bond donors (Lipinski definition) is 0. The summed E-state index contributed by atoms with van der Waals surface area (Å²) in [6, 6.07) is 0. The highest BCUT2D eigenvalue weighted by molar-refractivity contribution is 5.70.